The van der Waals surface area contributed by atoms with Gasteiger partial charge < -0.3 is 19.6 Å². The number of aromatic nitrogens is 2. The van der Waals surface area contributed by atoms with E-state index in [4.69, 9.17) is 43.0 Å². The molecular weight excluding hydrogens is 549 g/mol. The van der Waals surface area contributed by atoms with Gasteiger partial charge in [-0.2, -0.15) is 0 Å². The van der Waals surface area contributed by atoms with Crippen molar-refractivity contribution in [1.82, 2.24) is 19.8 Å². The van der Waals surface area contributed by atoms with Crippen LogP contribution in [0.5, 0.6) is 11.6 Å². The van der Waals surface area contributed by atoms with Crippen molar-refractivity contribution in [2.75, 3.05) is 44.7 Å². The molecule has 3 aromatic rings. The number of likely N-dealkylation sites (N-methyl/N-ethyl adjacent to an activating group) is 1. The minimum atomic E-state index is -0.722. The number of piperazine rings is 1. The number of anilines is 1. The molecule has 1 N–H and O–H groups in total. The second-order valence-corrected chi connectivity index (χ2v) is 11.8. The molecule has 5 rings (SSSR count). The Labute approximate surface area is 245 Å². The first kappa shape index (κ1) is 28.6. The molecule has 0 saturated carbocycles. The van der Waals surface area contributed by atoms with Crippen LogP contribution in [-0.4, -0.2) is 76.7 Å². The summed E-state index contributed by atoms with van der Waals surface area (Å²) in [5.74, 6) is 1.53. The molecule has 1 aromatic carbocycles. The number of pyridine rings is 2. The van der Waals surface area contributed by atoms with Crippen LogP contribution in [0.4, 0.5) is 5.82 Å². The Morgan fingerprint density at radius 1 is 1.05 bits per heavy atom. The number of aliphatic carboxylic acids is 1. The van der Waals surface area contributed by atoms with Crippen LogP contribution in [0.2, 0.25) is 10.0 Å². The number of hydrogen-bond donors (Lipinski definition) is 1. The third-order valence-corrected chi connectivity index (χ3v) is 8.10. The third-order valence-electron chi connectivity index (χ3n) is 7.66. The molecule has 2 aliphatic rings. The minimum Gasteiger partial charge on any atom is -0.481 e. The molecule has 0 unspecified atom stereocenters. The van der Waals surface area contributed by atoms with Gasteiger partial charge in [-0.1, -0.05) is 23.2 Å². The van der Waals surface area contributed by atoms with E-state index in [1.54, 1.807) is 12.3 Å². The number of likely N-dealkylation sites (tertiary alicyclic amines) is 1. The average Bonchev–Trinajstić information content (AvgIpc) is 2.89. The highest BCUT2D eigenvalue weighted by Gasteiger charge is 2.23. The van der Waals surface area contributed by atoms with E-state index in [-0.39, 0.29) is 12.3 Å². The summed E-state index contributed by atoms with van der Waals surface area (Å²) in [6, 6.07) is 13.7. The summed E-state index contributed by atoms with van der Waals surface area (Å²) in [6.07, 6.45) is 3.74. The van der Waals surface area contributed by atoms with Gasteiger partial charge in [-0.25, -0.2) is 9.97 Å². The van der Waals surface area contributed by atoms with Gasteiger partial charge in [0.1, 0.15) is 11.6 Å². The summed E-state index contributed by atoms with van der Waals surface area (Å²) in [7, 11) is 2.15. The van der Waals surface area contributed by atoms with E-state index in [0.717, 1.165) is 62.5 Å². The van der Waals surface area contributed by atoms with Crippen LogP contribution in [-0.2, 0) is 11.3 Å². The Morgan fingerprint density at radius 2 is 1.80 bits per heavy atom. The molecule has 0 radical (unpaired) electrons. The number of ether oxygens (including phenoxy) is 1. The van der Waals surface area contributed by atoms with Gasteiger partial charge in [0.05, 0.1) is 11.9 Å². The lowest BCUT2D eigenvalue weighted by Gasteiger charge is -2.39. The second kappa shape index (κ2) is 12.7. The number of hydrogen-bond acceptors (Lipinski definition) is 7. The minimum absolute atomic E-state index is 0.235. The van der Waals surface area contributed by atoms with Crippen molar-refractivity contribution < 1.29 is 14.6 Å². The number of carbonyl (C=O) groups is 1. The Hall–Kier alpha value is -2.91. The van der Waals surface area contributed by atoms with Crippen LogP contribution >= 0.6 is 23.2 Å². The van der Waals surface area contributed by atoms with E-state index >= 15 is 0 Å². The van der Waals surface area contributed by atoms with E-state index < -0.39 is 5.97 Å². The standard InChI is InChI=1S/C30H35Cl2N5O3/c1-20-18-35(2)9-10-37(20)28-4-3-26(17-33-28)40-29-12-22(19-36-7-5-21(6-8-36)13-30(38)39)11-27(34-29)23-14-24(31)16-25(32)15-23/h3-4,11-12,14-17,20-21H,5-10,13,18-19H2,1-2H3,(H,38,39)/t20-/m0/s1. The van der Waals surface area contributed by atoms with E-state index in [1.807, 2.05) is 36.4 Å². The van der Waals surface area contributed by atoms with Gasteiger partial charge in [0, 0.05) is 60.3 Å². The molecule has 40 heavy (non-hydrogen) atoms. The van der Waals surface area contributed by atoms with Gasteiger partial charge in [0.15, 0.2) is 0 Å². The smallest absolute Gasteiger partial charge is 0.303 e. The monoisotopic (exact) mass is 583 g/mol. The fourth-order valence-corrected chi connectivity index (χ4v) is 6.14. The Kier molecular flexibility index (Phi) is 9.10. The van der Waals surface area contributed by atoms with Crippen LogP contribution in [0.1, 0.15) is 31.7 Å². The van der Waals surface area contributed by atoms with Crippen molar-refractivity contribution in [3.8, 4) is 22.9 Å². The van der Waals surface area contributed by atoms with Crippen molar-refractivity contribution in [3.05, 3.63) is 64.3 Å². The topological polar surface area (TPSA) is 82.0 Å². The Balaban J connectivity index is 1.35. The molecule has 2 fully saturated rings. The number of halogens is 2. The van der Waals surface area contributed by atoms with E-state index in [0.29, 0.717) is 40.0 Å². The fourth-order valence-electron chi connectivity index (χ4n) is 5.61. The first-order valence-electron chi connectivity index (χ1n) is 13.7. The number of carboxylic acid groups (broad SMARTS) is 1. The van der Waals surface area contributed by atoms with E-state index in [9.17, 15) is 4.79 Å². The first-order valence-corrected chi connectivity index (χ1v) is 14.5. The lowest BCUT2D eigenvalue weighted by molar-refractivity contribution is -0.138. The van der Waals surface area contributed by atoms with E-state index in [1.165, 1.54) is 0 Å². The van der Waals surface area contributed by atoms with Crippen molar-refractivity contribution in [2.24, 2.45) is 5.92 Å². The van der Waals surface area contributed by atoms with Crippen molar-refractivity contribution >= 4 is 35.0 Å². The van der Waals surface area contributed by atoms with Crippen LogP contribution in [0.25, 0.3) is 11.3 Å². The largest absolute Gasteiger partial charge is 0.481 e. The maximum atomic E-state index is 11.1. The Bertz CT molecular complexity index is 1310. The van der Waals surface area contributed by atoms with Crippen molar-refractivity contribution in [2.45, 2.75) is 38.8 Å². The highest BCUT2D eigenvalue weighted by Crippen LogP contribution is 2.31. The van der Waals surface area contributed by atoms with Gasteiger partial charge in [0.2, 0.25) is 5.88 Å². The number of rotatable bonds is 8. The van der Waals surface area contributed by atoms with Gasteiger partial charge in [-0.3, -0.25) is 9.69 Å². The normalized spacial score (nSPS) is 19.1. The first-order chi connectivity index (χ1) is 19.2. The molecule has 2 aromatic heterocycles. The molecule has 4 heterocycles. The molecule has 0 spiro atoms. The molecule has 212 valence electrons. The summed E-state index contributed by atoms with van der Waals surface area (Å²) < 4.78 is 6.23. The van der Waals surface area contributed by atoms with Crippen molar-refractivity contribution in [1.29, 1.82) is 0 Å². The highest BCUT2D eigenvalue weighted by molar-refractivity contribution is 6.35. The van der Waals surface area contributed by atoms with Gasteiger partial charge >= 0.3 is 5.97 Å². The zero-order chi connectivity index (χ0) is 28.2. The van der Waals surface area contributed by atoms with Crippen LogP contribution in [0.3, 0.4) is 0 Å². The molecule has 2 saturated heterocycles. The number of piperidine rings is 1. The van der Waals surface area contributed by atoms with Crippen LogP contribution in [0.15, 0.2) is 48.7 Å². The molecule has 10 heteroatoms. The SMILES string of the molecule is C[C@H]1CN(C)CCN1c1ccc(Oc2cc(CN3CCC(CC(=O)O)CC3)cc(-c3cc(Cl)cc(Cl)c3)n2)cn1. The molecule has 0 bridgehead atoms. The van der Waals surface area contributed by atoms with E-state index in [2.05, 4.69) is 28.7 Å². The lowest BCUT2D eigenvalue weighted by atomic mass is 9.93. The summed E-state index contributed by atoms with van der Waals surface area (Å²) in [4.78, 5) is 27.6. The second-order valence-electron chi connectivity index (χ2n) is 10.9. The van der Waals surface area contributed by atoms with Crippen LogP contribution in [0, 0.1) is 5.92 Å². The molecule has 0 aliphatic carbocycles. The summed E-state index contributed by atoms with van der Waals surface area (Å²) in [5.41, 5.74) is 2.57. The Morgan fingerprint density at radius 3 is 2.45 bits per heavy atom. The predicted octanol–water partition coefficient (Wildman–Crippen LogP) is 6.07. The quantitative estimate of drug-likeness (QED) is 0.342. The summed E-state index contributed by atoms with van der Waals surface area (Å²) in [6.45, 7) is 7.58. The average molecular weight is 585 g/mol. The number of benzene rings is 1. The van der Waals surface area contributed by atoms with Crippen molar-refractivity contribution in [3.63, 3.8) is 0 Å². The maximum absolute atomic E-state index is 11.1. The molecule has 1 atom stereocenters. The highest BCUT2D eigenvalue weighted by atomic mass is 35.5. The van der Waals surface area contributed by atoms with Gasteiger partial charge in [0.25, 0.3) is 0 Å². The molecule has 0 amide bonds. The zero-order valence-electron chi connectivity index (χ0n) is 22.9. The summed E-state index contributed by atoms with van der Waals surface area (Å²) >= 11 is 12.6. The molecule has 8 nitrogen and oxygen atoms in total. The molecular formula is C30H35Cl2N5O3. The molecule has 2 aliphatic heterocycles. The lowest BCUT2D eigenvalue weighted by Crippen LogP contribution is -2.50. The van der Waals surface area contributed by atoms with Gasteiger partial charge in [-0.05, 0) is 87.8 Å². The zero-order valence-corrected chi connectivity index (χ0v) is 24.4. The number of carboxylic acids is 1. The fraction of sp³-hybridized carbons (Fsp3) is 0.433. The third kappa shape index (κ3) is 7.43. The predicted molar refractivity (Wildman–Crippen MR) is 159 cm³/mol. The summed E-state index contributed by atoms with van der Waals surface area (Å²) in [5, 5.41) is 10.2. The maximum Gasteiger partial charge on any atom is 0.303 e. The number of nitrogens with zero attached hydrogens (tertiary/aromatic N) is 5. The van der Waals surface area contributed by atoms with Crippen LogP contribution < -0.4 is 9.64 Å². The van der Waals surface area contributed by atoms with Gasteiger partial charge in [-0.15, -0.1) is 0 Å².